The zero-order chi connectivity index (χ0) is 10.6. The van der Waals surface area contributed by atoms with Crippen LogP contribution in [0.25, 0.3) is 0 Å². The number of hydrogen-bond acceptors (Lipinski definition) is 3. The van der Waals surface area contributed by atoms with E-state index in [2.05, 4.69) is 11.8 Å². The molecule has 0 unspecified atom stereocenters. The summed E-state index contributed by atoms with van der Waals surface area (Å²) in [6, 6.07) is 0. The molecule has 14 heavy (non-hydrogen) atoms. The van der Waals surface area contributed by atoms with E-state index in [1.54, 1.807) is 0 Å². The van der Waals surface area contributed by atoms with Crippen molar-refractivity contribution in [3.05, 3.63) is 0 Å². The van der Waals surface area contributed by atoms with E-state index >= 15 is 0 Å². The van der Waals surface area contributed by atoms with Crippen molar-refractivity contribution >= 4 is 34.3 Å². The van der Waals surface area contributed by atoms with Crippen LogP contribution in [0.1, 0.15) is 19.8 Å². The molecule has 1 rings (SSSR count). The van der Waals surface area contributed by atoms with E-state index in [1.165, 1.54) is 11.8 Å². The molecule has 1 fully saturated rings. The number of hydrogen-bond donors (Lipinski definition) is 1. The molecule has 0 aromatic heterocycles. The van der Waals surface area contributed by atoms with Crippen LogP contribution in [0.4, 0.5) is 0 Å². The third kappa shape index (κ3) is 3.84. The van der Waals surface area contributed by atoms with E-state index in [1.807, 2.05) is 0 Å². The summed E-state index contributed by atoms with van der Waals surface area (Å²) < 4.78 is 0.735. The fourth-order valence-corrected chi connectivity index (χ4v) is 2.38. The Balaban J connectivity index is 2.27. The molecule has 1 aliphatic rings. The Hall–Kier alpha value is -0.290. The Morgan fingerprint density at radius 3 is 2.64 bits per heavy atom. The van der Waals surface area contributed by atoms with Gasteiger partial charge in [-0.15, -0.1) is 0 Å². The van der Waals surface area contributed by atoms with Gasteiger partial charge in [0.05, 0.1) is 5.75 Å². The van der Waals surface area contributed by atoms with Gasteiger partial charge in [0.1, 0.15) is 4.32 Å². The maximum absolute atomic E-state index is 10.3. The van der Waals surface area contributed by atoms with Crippen LogP contribution in [0.2, 0.25) is 0 Å². The SMILES string of the molecule is CC1CCN(C(=S)SCC(=O)O)CC1. The number of thioether (sulfide) groups is 1. The van der Waals surface area contributed by atoms with Gasteiger partial charge in [-0.3, -0.25) is 4.79 Å². The Kier molecular flexibility index (Phi) is 4.68. The summed E-state index contributed by atoms with van der Waals surface area (Å²) in [4.78, 5) is 12.5. The van der Waals surface area contributed by atoms with Crippen molar-refractivity contribution in [2.45, 2.75) is 19.8 Å². The molecule has 0 atom stereocenters. The number of thiocarbonyl (C=S) groups is 1. The van der Waals surface area contributed by atoms with E-state index in [9.17, 15) is 4.79 Å². The van der Waals surface area contributed by atoms with E-state index in [-0.39, 0.29) is 5.75 Å². The van der Waals surface area contributed by atoms with Gasteiger partial charge < -0.3 is 10.0 Å². The number of likely N-dealkylation sites (tertiary alicyclic amines) is 1. The number of piperidine rings is 1. The highest BCUT2D eigenvalue weighted by molar-refractivity contribution is 8.23. The van der Waals surface area contributed by atoms with Crippen molar-refractivity contribution in [2.75, 3.05) is 18.8 Å². The van der Waals surface area contributed by atoms with Gasteiger partial charge in [0.2, 0.25) is 0 Å². The summed E-state index contributed by atoms with van der Waals surface area (Å²) >= 11 is 6.41. The molecule has 0 aromatic carbocycles. The average Bonchev–Trinajstić information content (AvgIpc) is 2.15. The zero-order valence-electron chi connectivity index (χ0n) is 8.23. The van der Waals surface area contributed by atoms with Gasteiger partial charge in [-0.2, -0.15) is 0 Å². The summed E-state index contributed by atoms with van der Waals surface area (Å²) in [6.45, 7) is 4.20. The van der Waals surface area contributed by atoms with Crippen molar-refractivity contribution in [2.24, 2.45) is 5.92 Å². The second kappa shape index (κ2) is 5.56. The summed E-state index contributed by atoms with van der Waals surface area (Å²) in [5.41, 5.74) is 0. The second-order valence-electron chi connectivity index (χ2n) is 3.62. The van der Waals surface area contributed by atoms with Crippen LogP contribution >= 0.6 is 24.0 Å². The highest BCUT2D eigenvalue weighted by Crippen LogP contribution is 2.19. The third-order valence-electron chi connectivity index (χ3n) is 2.36. The summed E-state index contributed by atoms with van der Waals surface area (Å²) in [5.74, 6) is 0.0477. The first-order valence-electron chi connectivity index (χ1n) is 4.73. The largest absolute Gasteiger partial charge is 0.481 e. The third-order valence-corrected chi connectivity index (χ3v) is 3.87. The van der Waals surface area contributed by atoms with Crippen LogP contribution in [0.3, 0.4) is 0 Å². The molecule has 0 aromatic rings. The van der Waals surface area contributed by atoms with Crippen LogP contribution in [0.15, 0.2) is 0 Å². The summed E-state index contributed by atoms with van der Waals surface area (Å²) in [6.07, 6.45) is 2.32. The highest BCUT2D eigenvalue weighted by atomic mass is 32.2. The van der Waals surface area contributed by atoms with E-state index in [0.29, 0.717) is 0 Å². The first-order chi connectivity index (χ1) is 6.59. The van der Waals surface area contributed by atoms with E-state index < -0.39 is 5.97 Å². The molecule has 0 saturated carbocycles. The highest BCUT2D eigenvalue weighted by Gasteiger charge is 2.18. The lowest BCUT2D eigenvalue weighted by Crippen LogP contribution is -2.35. The molecule has 80 valence electrons. The molecule has 0 radical (unpaired) electrons. The molecule has 5 heteroatoms. The molecule has 0 aliphatic carbocycles. The molecule has 0 amide bonds. The predicted molar refractivity (Wildman–Crippen MR) is 62.7 cm³/mol. The maximum Gasteiger partial charge on any atom is 0.313 e. The molecule has 1 saturated heterocycles. The van der Waals surface area contributed by atoms with Gasteiger partial charge in [0.25, 0.3) is 0 Å². The van der Waals surface area contributed by atoms with Crippen LogP contribution in [-0.4, -0.2) is 39.1 Å². The minimum atomic E-state index is -0.803. The first kappa shape index (κ1) is 11.8. The quantitative estimate of drug-likeness (QED) is 0.737. The minimum absolute atomic E-state index is 0.0743. The molecule has 1 aliphatic heterocycles. The number of nitrogens with zero attached hydrogens (tertiary/aromatic N) is 1. The topological polar surface area (TPSA) is 40.5 Å². The van der Waals surface area contributed by atoms with Gasteiger partial charge in [-0.1, -0.05) is 30.9 Å². The van der Waals surface area contributed by atoms with Gasteiger partial charge in [0.15, 0.2) is 0 Å². The van der Waals surface area contributed by atoms with Crippen molar-refractivity contribution in [1.29, 1.82) is 0 Å². The van der Waals surface area contributed by atoms with Crippen molar-refractivity contribution in [1.82, 2.24) is 4.90 Å². The van der Waals surface area contributed by atoms with Crippen LogP contribution in [-0.2, 0) is 4.79 Å². The molecule has 1 heterocycles. The zero-order valence-corrected chi connectivity index (χ0v) is 9.87. The molecule has 3 nitrogen and oxygen atoms in total. The lowest BCUT2D eigenvalue weighted by Gasteiger charge is -2.31. The maximum atomic E-state index is 10.3. The van der Waals surface area contributed by atoms with E-state index in [4.69, 9.17) is 17.3 Å². The van der Waals surface area contributed by atoms with Gasteiger partial charge in [0, 0.05) is 13.1 Å². The Labute approximate surface area is 93.9 Å². The van der Waals surface area contributed by atoms with Crippen LogP contribution < -0.4 is 0 Å². The molecular formula is C9H15NO2S2. The average molecular weight is 233 g/mol. The lowest BCUT2D eigenvalue weighted by molar-refractivity contribution is -0.133. The lowest BCUT2D eigenvalue weighted by atomic mass is 10.00. The smallest absolute Gasteiger partial charge is 0.313 e. The van der Waals surface area contributed by atoms with Crippen molar-refractivity contribution < 1.29 is 9.90 Å². The minimum Gasteiger partial charge on any atom is -0.481 e. The monoisotopic (exact) mass is 233 g/mol. The standard InChI is InChI=1S/C9H15NO2S2/c1-7-2-4-10(5-3-7)9(13)14-6-8(11)12/h7H,2-6H2,1H3,(H,11,12). The number of aliphatic carboxylic acids is 1. The molecule has 0 spiro atoms. The number of rotatable bonds is 2. The number of carboxylic acid groups (broad SMARTS) is 1. The fraction of sp³-hybridized carbons (Fsp3) is 0.778. The van der Waals surface area contributed by atoms with Gasteiger partial charge >= 0.3 is 5.97 Å². The van der Waals surface area contributed by atoms with Crippen LogP contribution in [0, 0.1) is 5.92 Å². The van der Waals surface area contributed by atoms with Gasteiger partial charge in [-0.25, -0.2) is 0 Å². The Bertz CT molecular complexity index is 225. The van der Waals surface area contributed by atoms with Crippen molar-refractivity contribution in [3.63, 3.8) is 0 Å². The number of carbonyl (C=O) groups is 1. The van der Waals surface area contributed by atoms with Crippen molar-refractivity contribution in [3.8, 4) is 0 Å². The molecule has 1 N–H and O–H groups in total. The first-order valence-corrected chi connectivity index (χ1v) is 6.12. The van der Waals surface area contributed by atoms with Crippen LogP contribution in [0.5, 0.6) is 0 Å². The molecular weight excluding hydrogens is 218 g/mol. The fourth-order valence-electron chi connectivity index (χ4n) is 1.41. The Morgan fingerprint density at radius 2 is 2.14 bits per heavy atom. The molecule has 0 bridgehead atoms. The predicted octanol–water partition coefficient (Wildman–Crippen LogP) is 1.82. The normalized spacial score (nSPS) is 18.2. The number of carboxylic acids is 1. The second-order valence-corrected chi connectivity index (χ2v) is 5.23. The van der Waals surface area contributed by atoms with E-state index in [0.717, 1.165) is 36.2 Å². The Morgan fingerprint density at radius 1 is 1.57 bits per heavy atom. The summed E-state index contributed by atoms with van der Waals surface area (Å²) in [5, 5.41) is 8.50. The summed E-state index contributed by atoms with van der Waals surface area (Å²) in [7, 11) is 0. The van der Waals surface area contributed by atoms with Gasteiger partial charge in [-0.05, 0) is 18.8 Å².